The Morgan fingerprint density at radius 3 is 2.29 bits per heavy atom. The van der Waals surface area contributed by atoms with Crippen molar-refractivity contribution in [2.45, 2.75) is 38.1 Å². The molecule has 5 rings (SSSR count). The van der Waals surface area contributed by atoms with Gasteiger partial charge in [0.1, 0.15) is 0 Å². The molecule has 2 N–H and O–H groups in total. The van der Waals surface area contributed by atoms with Gasteiger partial charge in [-0.2, -0.15) is 0 Å². The fourth-order valence-corrected chi connectivity index (χ4v) is 5.79. The molecule has 4 aliphatic carbocycles. The Hall–Kier alpha value is -0.840. The highest BCUT2D eigenvalue weighted by molar-refractivity contribution is 7.80. The molecule has 0 heterocycles. The Morgan fingerprint density at radius 2 is 1.67 bits per heavy atom. The van der Waals surface area contributed by atoms with Gasteiger partial charge in [0.2, 0.25) is 0 Å². The van der Waals surface area contributed by atoms with E-state index in [4.69, 9.17) is 35.4 Å². The van der Waals surface area contributed by atoms with E-state index >= 15 is 0 Å². The summed E-state index contributed by atoms with van der Waals surface area (Å²) >= 11 is 17.4. The van der Waals surface area contributed by atoms with Crippen LogP contribution in [0.15, 0.2) is 18.2 Å². The van der Waals surface area contributed by atoms with Crippen molar-refractivity contribution >= 4 is 46.4 Å². The fourth-order valence-electron chi connectivity index (χ4n) is 5.19. The number of hydrogen-bond acceptors (Lipinski definition) is 2. The van der Waals surface area contributed by atoms with Crippen LogP contribution in [0.25, 0.3) is 0 Å². The molecule has 1 aromatic rings. The maximum atomic E-state index is 12.4. The molecule has 4 saturated carbocycles. The number of carbonyl (C=O) groups is 1. The lowest BCUT2D eigenvalue weighted by Crippen LogP contribution is -2.57. The standard InChI is InChI=1S/C18H20Cl2N2OS/c19-13-1-2-15(20)14(8-13)17(23)22-18(24)21-16-11-4-9-3-10(6-11)7-12(16)5-9/h1-2,8-12,16H,3-7H2,(H2,21,22,23,24). The predicted molar refractivity (Wildman–Crippen MR) is 100 cm³/mol. The SMILES string of the molecule is O=C(NC(=S)NC1C2CC3CC(C2)CC1C3)c1cc(Cl)ccc1Cl. The van der Waals surface area contributed by atoms with Crippen LogP contribution in [-0.2, 0) is 0 Å². The highest BCUT2D eigenvalue weighted by Crippen LogP contribution is 2.53. The number of carbonyl (C=O) groups excluding carboxylic acids is 1. The summed E-state index contributed by atoms with van der Waals surface area (Å²) < 4.78 is 0. The second kappa shape index (κ2) is 6.47. The van der Waals surface area contributed by atoms with Gasteiger partial charge in [-0.25, -0.2) is 0 Å². The van der Waals surface area contributed by atoms with Gasteiger partial charge in [-0.3, -0.25) is 10.1 Å². The molecule has 4 bridgehead atoms. The number of thiocarbonyl (C=S) groups is 1. The molecular weight excluding hydrogens is 363 g/mol. The predicted octanol–water partition coefficient (Wildman–Crippen LogP) is 4.42. The van der Waals surface area contributed by atoms with Gasteiger partial charge in [-0.05, 0) is 86.2 Å². The molecule has 0 unspecified atom stereocenters. The topological polar surface area (TPSA) is 41.1 Å². The Kier molecular flexibility index (Phi) is 4.48. The second-order valence-corrected chi connectivity index (χ2v) is 8.76. The second-order valence-electron chi connectivity index (χ2n) is 7.51. The van der Waals surface area contributed by atoms with E-state index in [0.29, 0.717) is 38.6 Å². The molecule has 24 heavy (non-hydrogen) atoms. The van der Waals surface area contributed by atoms with Gasteiger partial charge in [0.05, 0.1) is 10.6 Å². The normalized spacial score (nSPS) is 33.3. The van der Waals surface area contributed by atoms with Crippen LogP contribution in [0.4, 0.5) is 0 Å². The maximum Gasteiger partial charge on any atom is 0.258 e. The minimum absolute atomic E-state index is 0.316. The van der Waals surface area contributed by atoms with E-state index in [0.717, 1.165) is 11.8 Å². The molecule has 0 aliphatic heterocycles. The van der Waals surface area contributed by atoms with Gasteiger partial charge in [0.25, 0.3) is 5.91 Å². The van der Waals surface area contributed by atoms with E-state index in [9.17, 15) is 4.79 Å². The number of amides is 1. The molecule has 6 heteroatoms. The maximum absolute atomic E-state index is 12.4. The molecule has 0 atom stereocenters. The summed E-state index contributed by atoms with van der Waals surface area (Å²) in [6.45, 7) is 0. The number of rotatable bonds is 2. The summed E-state index contributed by atoms with van der Waals surface area (Å²) in [5, 5.41) is 7.42. The highest BCUT2D eigenvalue weighted by Gasteiger charge is 2.48. The van der Waals surface area contributed by atoms with Crippen LogP contribution in [0, 0.1) is 23.7 Å². The van der Waals surface area contributed by atoms with Crippen LogP contribution < -0.4 is 10.6 Å². The minimum Gasteiger partial charge on any atom is -0.359 e. The van der Waals surface area contributed by atoms with Crippen molar-refractivity contribution in [1.82, 2.24) is 10.6 Å². The van der Waals surface area contributed by atoms with Crippen LogP contribution in [0.1, 0.15) is 42.5 Å². The van der Waals surface area contributed by atoms with E-state index < -0.39 is 0 Å². The smallest absolute Gasteiger partial charge is 0.258 e. The first-order chi connectivity index (χ1) is 11.5. The van der Waals surface area contributed by atoms with Gasteiger partial charge < -0.3 is 5.32 Å². The first-order valence-electron chi connectivity index (χ1n) is 8.56. The summed E-state index contributed by atoms with van der Waals surface area (Å²) in [5.74, 6) is 2.92. The van der Waals surface area contributed by atoms with E-state index in [2.05, 4.69) is 10.6 Å². The zero-order valence-electron chi connectivity index (χ0n) is 13.2. The lowest BCUT2D eigenvalue weighted by atomic mass is 9.54. The van der Waals surface area contributed by atoms with Gasteiger partial charge >= 0.3 is 0 Å². The Bertz CT molecular complexity index is 666. The van der Waals surface area contributed by atoms with E-state index in [1.54, 1.807) is 18.2 Å². The monoisotopic (exact) mass is 382 g/mol. The summed E-state index contributed by atoms with van der Waals surface area (Å²) in [4.78, 5) is 12.4. The van der Waals surface area contributed by atoms with Gasteiger partial charge in [-0.1, -0.05) is 23.2 Å². The molecule has 0 aromatic heterocycles. The molecular formula is C18H20Cl2N2OS. The van der Waals surface area contributed by atoms with Crippen molar-refractivity contribution in [1.29, 1.82) is 0 Å². The van der Waals surface area contributed by atoms with Crippen molar-refractivity contribution in [3.05, 3.63) is 33.8 Å². The van der Waals surface area contributed by atoms with Crippen LogP contribution in [0.3, 0.4) is 0 Å². The first-order valence-corrected chi connectivity index (χ1v) is 9.73. The summed E-state index contributed by atoms with van der Waals surface area (Å²) in [6.07, 6.45) is 6.65. The third-order valence-electron chi connectivity index (χ3n) is 5.92. The zero-order valence-corrected chi connectivity index (χ0v) is 15.6. The van der Waals surface area contributed by atoms with Crippen molar-refractivity contribution in [2.24, 2.45) is 23.7 Å². The molecule has 0 spiro atoms. The summed E-state index contributed by atoms with van der Waals surface area (Å²) in [5.41, 5.74) is 0.346. The highest BCUT2D eigenvalue weighted by atomic mass is 35.5. The third kappa shape index (κ3) is 3.16. The number of benzene rings is 1. The molecule has 1 aromatic carbocycles. The molecule has 3 nitrogen and oxygen atoms in total. The largest absolute Gasteiger partial charge is 0.359 e. The van der Waals surface area contributed by atoms with E-state index in [1.807, 2.05) is 0 Å². The van der Waals surface area contributed by atoms with Crippen LogP contribution in [0.5, 0.6) is 0 Å². The lowest BCUT2D eigenvalue weighted by molar-refractivity contribution is -0.00692. The molecule has 0 saturated heterocycles. The molecule has 128 valence electrons. The Balaban J connectivity index is 1.40. The number of hydrogen-bond donors (Lipinski definition) is 2. The first kappa shape index (κ1) is 16.6. The fraction of sp³-hybridized carbons (Fsp3) is 0.556. The van der Waals surface area contributed by atoms with Gasteiger partial charge in [0.15, 0.2) is 5.11 Å². The molecule has 4 aliphatic rings. The van der Waals surface area contributed by atoms with Crippen LogP contribution in [0.2, 0.25) is 10.0 Å². The third-order valence-corrected chi connectivity index (χ3v) is 6.71. The average molecular weight is 383 g/mol. The number of halogens is 2. The van der Waals surface area contributed by atoms with E-state index in [1.165, 1.54) is 32.1 Å². The lowest BCUT2D eigenvalue weighted by Gasteiger charge is -2.54. The van der Waals surface area contributed by atoms with Crippen molar-refractivity contribution in [3.63, 3.8) is 0 Å². The van der Waals surface area contributed by atoms with Gasteiger partial charge in [0, 0.05) is 11.1 Å². The molecule has 4 fully saturated rings. The van der Waals surface area contributed by atoms with Crippen LogP contribution in [-0.4, -0.2) is 17.1 Å². The number of nitrogens with one attached hydrogen (secondary N) is 2. The average Bonchev–Trinajstić information content (AvgIpc) is 2.52. The van der Waals surface area contributed by atoms with E-state index in [-0.39, 0.29) is 5.91 Å². The van der Waals surface area contributed by atoms with Crippen molar-refractivity contribution < 1.29 is 4.79 Å². The minimum atomic E-state index is -0.316. The van der Waals surface area contributed by atoms with Crippen molar-refractivity contribution in [2.75, 3.05) is 0 Å². The molecule has 1 amide bonds. The summed E-state index contributed by atoms with van der Waals surface area (Å²) in [7, 11) is 0. The molecule has 0 radical (unpaired) electrons. The zero-order chi connectivity index (χ0) is 16.8. The van der Waals surface area contributed by atoms with Gasteiger partial charge in [-0.15, -0.1) is 0 Å². The van der Waals surface area contributed by atoms with Crippen LogP contribution >= 0.6 is 35.4 Å². The van der Waals surface area contributed by atoms with Crippen molar-refractivity contribution in [3.8, 4) is 0 Å². The quantitative estimate of drug-likeness (QED) is 0.743. The Morgan fingerprint density at radius 1 is 1.04 bits per heavy atom. The summed E-state index contributed by atoms with van der Waals surface area (Å²) in [6, 6.07) is 5.24. The Labute approximate surface area is 157 Å².